The first-order chi connectivity index (χ1) is 9.73. The monoisotopic (exact) mass is 308 g/mol. The van der Waals surface area contributed by atoms with Crippen LogP contribution < -0.4 is 5.32 Å². The van der Waals surface area contributed by atoms with Gasteiger partial charge < -0.3 is 15.0 Å². The van der Waals surface area contributed by atoms with Crippen molar-refractivity contribution in [2.75, 3.05) is 6.54 Å². The van der Waals surface area contributed by atoms with Crippen LogP contribution in [0.5, 0.6) is 0 Å². The number of aryl methyl sites for hydroxylation is 1. The number of aromatic nitrogens is 1. The molecule has 1 unspecified atom stereocenters. The van der Waals surface area contributed by atoms with Crippen molar-refractivity contribution in [3.63, 3.8) is 0 Å². The molecule has 2 aromatic rings. The first-order valence-electron chi connectivity index (χ1n) is 6.92. The Morgan fingerprint density at radius 2 is 2.00 bits per heavy atom. The van der Waals surface area contributed by atoms with E-state index in [1.54, 1.807) is 4.57 Å². The molecule has 1 aromatic heterocycles. The van der Waals surface area contributed by atoms with Crippen LogP contribution in [0, 0.1) is 5.41 Å². The highest BCUT2D eigenvalue weighted by molar-refractivity contribution is 6.38. The van der Waals surface area contributed by atoms with Crippen LogP contribution >= 0.6 is 11.6 Å². The molecule has 0 fully saturated rings. The average Bonchev–Trinajstić information content (AvgIpc) is 2.67. The van der Waals surface area contributed by atoms with Crippen molar-refractivity contribution in [3.05, 3.63) is 35.0 Å². The zero-order valence-electron chi connectivity index (χ0n) is 12.8. The summed E-state index contributed by atoms with van der Waals surface area (Å²) >= 11 is 6.32. The molecular weight excluding hydrogens is 288 g/mol. The molecule has 0 spiro atoms. The van der Waals surface area contributed by atoms with E-state index in [-0.39, 0.29) is 17.9 Å². The summed E-state index contributed by atoms with van der Waals surface area (Å²) in [5.41, 5.74) is 1.04. The number of carbonyl (C=O) groups excluding carboxylic acids is 1. The van der Waals surface area contributed by atoms with E-state index in [9.17, 15) is 9.90 Å². The number of halogens is 1. The van der Waals surface area contributed by atoms with E-state index in [1.165, 1.54) is 0 Å². The minimum Gasteiger partial charge on any atom is -0.391 e. The molecule has 0 aliphatic carbocycles. The van der Waals surface area contributed by atoms with E-state index < -0.39 is 6.10 Å². The number of hydrogen-bond donors (Lipinski definition) is 2. The number of hydrogen-bond acceptors (Lipinski definition) is 2. The summed E-state index contributed by atoms with van der Waals surface area (Å²) in [7, 11) is 1.81. The third-order valence-electron chi connectivity index (χ3n) is 3.72. The molecule has 0 aliphatic heterocycles. The SMILES string of the molecule is Cn1c(C(=O)NCC(O)C(C)(C)C)c(Cl)c2ccccc21. The molecule has 0 aliphatic rings. The first-order valence-corrected chi connectivity index (χ1v) is 7.30. The average molecular weight is 309 g/mol. The molecular formula is C16H21ClN2O2. The fraction of sp³-hybridized carbons (Fsp3) is 0.438. The lowest BCUT2D eigenvalue weighted by Crippen LogP contribution is -2.39. The topological polar surface area (TPSA) is 54.3 Å². The largest absolute Gasteiger partial charge is 0.391 e. The maximum absolute atomic E-state index is 12.4. The number of aliphatic hydroxyl groups is 1. The van der Waals surface area contributed by atoms with E-state index in [0.717, 1.165) is 10.9 Å². The Morgan fingerprint density at radius 3 is 2.57 bits per heavy atom. The van der Waals surface area contributed by atoms with Gasteiger partial charge in [-0.1, -0.05) is 50.6 Å². The standard InChI is InChI=1S/C16H21ClN2O2/c1-16(2,3)12(20)9-18-15(21)14-13(17)10-7-5-6-8-11(10)19(14)4/h5-8,12,20H,9H2,1-4H3,(H,18,21). The lowest BCUT2D eigenvalue weighted by atomic mass is 9.89. The van der Waals surface area contributed by atoms with E-state index in [4.69, 9.17) is 11.6 Å². The lowest BCUT2D eigenvalue weighted by Gasteiger charge is -2.25. The summed E-state index contributed by atoms with van der Waals surface area (Å²) in [5, 5.41) is 14.0. The maximum atomic E-state index is 12.4. The summed E-state index contributed by atoms with van der Waals surface area (Å²) in [5.74, 6) is -0.276. The van der Waals surface area contributed by atoms with Crippen LogP contribution in [0.3, 0.4) is 0 Å². The highest BCUT2D eigenvalue weighted by atomic mass is 35.5. The van der Waals surface area contributed by atoms with Crippen molar-refractivity contribution in [1.82, 2.24) is 9.88 Å². The van der Waals surface area contributed by atoms with Crippen molar-refractivity contribution in [2.24, 2.45) is 12.5 Å². The number of rotatable bonds is 3. The minimum atomic E-state index is -0.616. The predicted molar refractivity (Wildman–Crippen MR) is 85.7 cm³/mol. The second kappa shape index (κ2) is 5.70. The number of fused-ring (bicyclic) bond motifs is 1. The summed E-state index contributed by atoms with van der Waals surface area (Å²) < 4.78 is 1.77. The molecule has 1 amide bonds. The van der Waals surface area contributed by atoms with Gasteiger partial charge in [-0.05, 0) is 11.5 Å². The number of carbonyl (C=O) groups is 1. The van der Waals surface area contributed by atoms with Gasteiger partial charge in [-0.3, -0.25) is 4.79 Å². The number of benzene rings is 1. The van der Waals surface area contributed by atoms with Crippen molar-refractivity contribution in [2.45, 2.75) is 26.9 Å². The molecule has 1 aromatic carbocycles. The van der Waals surface area contributed by atoms with Gasteiger partial charge in [0.25, 0.3) is 5.91 Å². The van der Waals surface area contributed by atoms with Crippen LogP contribution in [0.25, 0.3) is 10.9 Å². The minimum absolute atomic E-state index is 0.195. The highest BCUT2D eigenvalue weighted by Crippen LogP contribution is 2.29. The molecule has 4 nitrogen and oxygen atoms in total. The van der Waals surface area contributed by atoms with Crippen LogP contribution in [-0.2, 0) is 7.05 Å². The Morgan fingerprint density at radius 1 is 1.38 bits per heavy atom. The van der Waals surface area contributed by atoms with Crippen molar-refractivity contribution >= 4 is 28.4 Å². The Balaban J connectivity index is 2.24. The van der Waals surface area contributed by atoms with Gasteiger partial charge in [0.2, 0.25) is 0 Å². The molecule has 1 atom stereocenters. The Kier molecular flexibility index (Phi) is 4.30. The number of nitrogens with one attached hydrogen (secondary N) is 1. The second-order valence-corrected chi connectivity index (χ2v) is 6.71. The number of amides is 1. The van der Waals surface area contributed by atoms with Crippen molar-refractivity contribution in [1.29, 1.82) is 0 Å². The molecule has 114 valence electrons. The summed E-state index contributed by atoms with van der Waals surface area (Å²) in [4.78, 5) is 12.4. The molecule has 0 radical (unpaired) electrons. The Bertz CT molecular complexity index is 632. The summed E-state index contributed by atoms with van der Waals surface area (Å²) in [6.45, 7) is 5.97. The second-order valence-electron chi connectivity index (χ2n) is 6.33. The Hall–Kier alpha value is -1.52. The van der Waals surface area contributed by atoms with Gasteiger partial charge in [-0.25, -0.2) is 0 Å². The number of nitrogens with zero attached hydrogens (tertiary/aromatic N) is 1. The molecule has 5 heteroatoms. The van der Waals surface area contributed by atoms with Crippen LogP contribution in [0.4, 0.5) is 0 Å². The van der Waals surface area contributed by atoms with Gasteiger partial charge in [0.05, 0.1) is 11.1 Å². The molecule has 2 rings (SSSR count). The quantitative estimate of drug-likeness (QED) is 0.916. The van der Waals surface area contributed by atoms with Gasteiger partial charge in [0.15, 0.2) is 0 Å². The molecule has 21 heavy (non-hydrogen) atoms. The van der Waals surface area contributed by atoms with Crippen LogP contribution in [0.15, 0.2) is 24.3 Å². The molecule has 0 bridgehead atoms. The fourth-order valence-electron chi connectivity index (χ4n) is 2.18. The van der Waals surface area contributed by atoms with Gasteiger partial charge in [-0.15, -0.1) is 0 Å². The van der Waals surface area contributed by atoms with Crippen LogP contribution in [0.1, 0.15) is 31.3 Å². The number of para-hydroxylation sites is 1. The molecule has 0 saturated heterocycles. The van der Waals surface area contributed by atoms with E-state index in [2.05, 4.69) is 5.32 Å². The summed E-state index contributed by atoms with van der Waals surface area (Å²) in [6.07, 6.45) is -0.616. The molecule has 1 heterocycles. The van der Waals surface area contributed by atoms with E-state index >= 15 is 0 Å². The third-order valence-corrected chi connectivity index (χ3v) is 4.10. The molecule has 2 N–H and O–H groups in total. The van der Waals surface area contributed by atoms with Gasteiger partial charge in [0, 0.05) is 24.5 Å². The number of aliphatic hydroxyl groups excluding tert-OH is 1. The highest BCUT2D eigenvalue weighted by Gasteiger charge is 2.24. The zero-order valence-corrected chi connectivity index (χ0v) is 13.5. The zero-order chi connectivity index (χ0) is 15.8. The van der Waals surface area contributed by atoms with Crippen LogP contribution in [-0.4, -0.2) is 28.2 Å². The predicted octanol–water partition coefficient (Wildman–Crippen LogP) is 2.97. The third kappa shape index (κ3) is 3.06. The van der Waals surface area contributed by atoms with Gasteiger partial charge in [0.1, 0.15) is 5.69 Å². The normalized spacial score (nSPS) is 13.4. The van der Waals surface area contributed by atoms with E-state index in [1.807, 2.05) is 52.1 Å². The van der Waals surface area contributed by atoms with Crippen molar-refractivity contribution in [3.8, 4) is 0 Å². The maximum Gasteiger partial charge on any atom is 0.269 e. The summed E-state index contributed by atoms with van der Waals surface area (Å²) in [6, 6.07) is 7.60. The first kappa shape index (κ1) is 15.9. The Labute approximate surface area is 129 Å². The smallest absolute Gasteiger partial charge is 0.269 e. The van der Waals surface area contributed by atoms with Crippen LogP contribution in [0.2, 0.25) is 5.02 Å². The van der Waals surface area contributed by atoms with E-state index in [0.29, 0.717) is 10.7 Å². The molecule has 0 saturated carbocycles. The van der Waals surface area contributed by atoms with Gasteiger partial charge in [-0.2, -0.15) is 0 Å². The fourth-order valence-corrected chi connectivity index (χ4v) is 2.55. The lowest BCUT2D eigenvalue weighted by molar-refractivity contribution is 0.0584. The van der Waals surface area contributed by atoms with Gasteiger partial charge >= 0.3 is 0 Å². The van der Waals surface area contributed by atoms with Crippen molar-refractivity contribution < 1.29 is 9.90 Å².